The van der Waals surface area contributed by atoms with Gasteiger partial charge in [-0.15, -0.1) is 0 Å². The predicted molar refractivity (Wildman–Crippen MR) is 111 cm³/mol. The SMILES string of the molecule is Cc1cc(-c2cccc3c2Cc2ccccc2-3)ccc1OCCOCC1CO1. The quantitative estimate of drug-likeness (QED) is 0.337. The molecule has 0 N–H and O–H groups in total. The monoisotopic (exact) mass is 372 g/mol. The molecule has 0 radical (unpaired) electrons. The highest BCUT2D eigenvalue weighted by atomic mass is 16.6. The molecule has 1 aliphatic heterocycles. The third kappa shape index (κ3) is 3.44. The first-order chi connectivity index (χ1) is 13.8. The molecule has 0 amide bonds. The van der Waals surface area contributed by atoms with Gasteiger partial charge in [-0.25, -0.2) is 0 Å². The van der Waals surface area contributed by atoms with Gasteiger partial charge in [0.05, 0.1) is 19.8 Å². The van der Waals surface area contributed by atoms with E-state index in [1.807, 2.05) is 0 Å². The van der Waals surface area contributed by atoms with Gasteiger partial charge in [-0.05, 0) is 64.4 Å². The van der Waals surface area contributed by atoms with Crippen molar-refractivity contribution in [2.75, 3.05) is 26.4 Å². The van der Waals surface area contributed by atoms with Gasteiger partial charge < -0.3 is 14.2 Å². The van der Waals surface area contributed by atoms with Crippen LogP contribution >= 0.6 is 0 Å². The van der Waals surface area contributed by atoms with Crippen molar-refractivity contribution in [3.63, 3.8) is 0 Å². The van der Waals surface area contributed by atoms with Crippen molar-refractivity contribution in [2.24, 2.45) is 0 Å². The molecule has 0 saturated carbocycles. The smallest absolute Gasteiger partial charge is 0.122 e. The summed E-state index contributed by atoms with van der Waals surface area (Å²) in [6, 6.07) is 21.8. The van der Waals surface area contributed by atoms with Crippen molar-refractivity contribution >= 4 is 0 Å². The van der Waals surface area contributed by atoms with Crippen molar-refractivity contribution in [3.05, 3.63) is 77.4 Å². The van der Waals surface area contributed by atoms with Crippen LogP contribution in [0.2, 0.25) is 0 Å². The zero-order valence-corrected chi connectivity index (χ0v) is 16.1. The molecule has 0 aromatic heterocycles. The van der Waals surface area contributed by atoms with Crippen LogP contribution in [0.3, 0.4) is 0 Å². The van der Waals surface area contributed by atoms with E-state index >= 15 is 0 Å². The summed E-state index contributed by atoms with van der Waals surface area (Å²) in [6.45, 7) is 4.75. The molecule has 1 aliphatic carbocycles. The number of benzene rings is 3. The van der Waals surface area contributed by atoms with Crippen molar-refractivity contribution < 1.29 is 14.2 Å². The van der Waals surface area contributed by atoms with E-state index in [2.05, 4.69) is 67.6 Å². The van der Waals surface area contributed by atoms with Crippen LogP contribution in [0, 0.1) is 6.92 Å². The standard InChI is InChI=1S/C25H24O3/c1-17-13-19(9-10-25(17)27-12-11-26-15-20-16-28-20)22-7-4-8-23-21-6-3-2-5-18(21)14-24(22)23/h2-10,13,20H,11-12,14-16H2,1H3. The first kappa shape index (κ1) is 17.5. The highest BCUT2D eigenvalue weighted by Gasteiger charge is 2.22. The first-order valence-corrected chi connectivity index (χ1v) is 9.93. The minimum Gasteiger partial charge on any atom is -0.491 e. The normalized spacial score (nSPS) is 16.5. The van der Waals surface area contributed by atoms with Gasteiger partial charge in [-0.2, -0.15) is 0 Å². The number of aryl methyl sites for hydroxylation is 1. The lowest BCUT2D eigenvalue weighted by Gasteiger charge is -2.13. The molecule has 1 atom stereocenters. The summed E-state index contributed by atoms with van der Waals surface area (Å²) in [4.78, 5) is 0. The van der Waals surface area contributed by atoms with Crippen LogP contribution in [0.4, 0.5) is 0 Å². The van der Waals surface area contributed by atoms with Gasteiger partial charge in [0.15, 0.2) is 0 Å². The van der Waals surface area contributed by atoms with Crippen LogP contribution in [-0.4, -0.2) is 32.5 Å². The predicted octanol–water partition coefficient (Wildman–Crippen LogP) is 5.03. The summed E-state index contributed by atoms with van der Waals surface area (Å²) in [5.74, 6) is 0.922. The Hall–Kier alpha value is -2.62. The summed E-state index contributed by atoms with van der Waals surface area (Å²) in [5.41, 5.74) is 9.28. The summed E-state index contributed by atoms with van der Waals surface area (Å²) in [7, 11) is 0. The van der Waals surface area contributed by atoms with Gasteiger partial charge in [-0.1, -0.05) is 48.5 Å². The minimum absolute atomic E-state index is 0.305. The van der Waals surface area contributed by atoms with Crippen LogP contribution in [0.1, 0.15) is 16.7 Å². The number of rotatable bonds is 7. The maximum absolute atomic E-state index is 5.91. The van der Waals surface area contributed by atoms with Crippen LogP contribution in [0.15, 0.2) is 60.7 Å². The van der Waals surface area contributed by atoms with E-state index in [1.165, 1.54) is 33.4 Å². The largest absolute Gasteiger partial charge is 0.491 e. The summed E-state index contributed by atoms with van der Waals surface area (Å²) < 4.78 is 16.6. The Morgan fingerprint density at radius 2 is 1.75 bits per heavy atom. The Bertz CT molecular complexity index is 1000. The van der Waals surface area contributed by atoms with E-state index in [0.717, 1.165) is 24.3 Å². The van der Waals surface area contributed by atoms with Gasteiger partial charge in [0.25, 0.3) is 0 Å². The van der Waals surface area contributed by atoms with Crippen LogP contribution < -0.4 is 4.74 Å². The maximum Gasteiger partial charge on any atom is 0.122 e. The Kier molecular flexibility index (Phi) is 4.63. The van der Waals surface area contributed by atoms with Gasteiger partial charge >= 0.3 is 0 Å². The average Bonchev–Trinajstić information content (AvgIpc) is 3.46. The number of ether oxygens (including phenoxy) is 3. The molecule has 3 aromatic carbocycles. The van der Waals surface area contributed by atoms with Crippen LogP contribution in [-0.2, 0) is 15.9 Å². The van der Waals surface area contributed by atoms with Gasteiger partial charge in [0, 0.05) is 0 Å². The molecule has 3 heteroatoms. The zero-order chi connectivity index (χ0) is 18.9. The second-order valence-corrected chi connectivity index (χ2v) is 7.52. The Balaban J connectivity index is 1.33. The van der Waals surface area contributed by atoms with Gasteiger partial charge in [0.1, 0.15) is 18.5 Å². The van der Waals surface area contributed by atoms with Gasteiger partial charge in [0.2, 0.25) is 0 Å². The summed E-state index contributed by atoms with van der Waals surface area (Å²) >= 11 is 0. The van der Waals surface area contributed by atoms with Crippen molar-refractivity contribution in [1.29, 1.82) is 0 Å². The zero-order valence-electron chi connectivity index (χ0n) is 16.1. The molecule has 1 fully saturated rings. The fourth-order valence-electron chi connectivity index (χ4n) is 4.00. The van der Waals surface area contributed by atoms with E-state index < -0.39 is 0 Å². The van der Waals surface area contributed by atoms with E-state index in [4.69, 9.17) is 14.2 Å². The molecular weight excluding hydrogens is 348 g/mol. The average molecular weight is 372 g/mol. The third-order valence-corrected chi connectivity index (χ3v) is 5.53. The van der Waals surface area contributed by atoms with E-state index in [0.29, 0.717) is 25.9 Å². The first-order valence-electron chi connectivity index (χ1n) is 9.93. The fraction of sp³-hybridized carbons (Fsp3) is 0.280. The highest BCUT2D eigenvalue weighted by Crippen LogP contribution is 2.41. The molecule has 28 heavy (non-hydrogen) atoms. The second-order valence-electron chi connectivity index (χ2n) is 7.52. The molecule has 0 spiro atoms. The lowest BCUT2D eigenvalue weighted by molar-refractivity contribution is 0.0876. The second kappa shape index (κ2) is 7.42. The van der Waals surface area contributed by atoms with Crippen molar-refractivity contribution in [1.82, 2.24) is 0 Å². The Morgan fingerprint density at radius 3 is 2.61 bits per heavy atom. The molecule has 5 rings (SSSR count). The maximum atomic E-state index is 5.91. The van der Waals surface area contributed by atoms with E-state index in [9.17, 15) is 0 Å². The number of hydrogen-bond acceptors (Lipinski definition) is 3. The summed E-state index contributed by atoms with van der Waals surface area (Å²) in [5, 5.41) is 0. The number of hydrogen-bond donors (Lipinski definition) is 0. The van der Waals surface area contributed by atoms with E-state index in [1.54, 1.807) is 0 Å². The molecule has 142 valence electrons. The molecule has 1 saturated heterocycles. The Labute approximate surface area is 165 Å². The molecule has 1 unspecified atom stereocenters. The Morgan fingerprint density at radius 1 is 0.929 bits per heavy atom. The molecule has 2 aliphatic rings. The lowest BCUT2D eigenvalue weighted by atomic mass is 9.94. The molecule has 1 heterocycles. The van der Waals surface area contributed by atoms with Crippen LogP contribution in [0.5, 0.6) is 5.75 Å². The lowest BCUT2D eigenvalue weighted by Crippen LogP contribution is -2.10. The third-order valence-electron chi connectivity index (χ3n) is 5.53. The van der Waals surface area contributed by atoms with Gasteiger partial charge in [-0.3, -0.25) is 0 Å². The highest BCUT2D eigenvalue weighted by molar-refractivity contribution is 5.85. The minimum atomic E-state index is 0.305. The summed E-state index contributed by atoms with van der Waals surface area (Å²) in [6.07, 6.45) is 1.31. The van der Waals surface area contributed by atoms with Crippen molar-refractivity contribution in [2.45, 2.75) is 19.4 Å². The number of epoxide rings is 1. The molecule has 3 aromatic rings. The molecule has 3 nitrogen and oxygen atoms in total. The van der Waals surface area contributed by atoms with E-state index in [-0.39, 0.29) is 0 Å². The fourth-order valence-corrected chi connectivity index (χ4v) is 4.00. The topological polar surface area (TPSA) is 31.0 Å². The molecular formula is C25H24O3. The van der Waals surface area contributed by atoms with Crippen LogP contribution in [0.25, 0.3) is 22.3 Å². The molecule has 0 bridgehead atoms. The van der Waals surface area contributed by atoms with Crippen molar-refractivity contribution in [3.8, 4) is 28.0 Å². The number of fused-ring (bicyclic) bond motifs is 3.